The molecule has 0 unspecified atom stereocenters. The van der Waals surface area contributed by atoms with E-state index in [2.05, 4.69) is 7.05 Å². The zero-order valence-corrected chi connectivity index (χ0v) is 10.3. The number of hydrogen-bond donors (Lipinski definition) is 1. The second kappa shape index (κ2) is 5.51. The Morgan fingerprint density at radius 1 is 1.42 bits per heavy atom. The summed E-state index contributed by atoms with van der Waals surface area (Å²) in [5.41, 5.74) is 0. The fourth-order valence-electron chi connectivity index (χ4n) is 1.32. The molecule has 1 N–H and O–H groups in total. The minimum absolute atomic E-state index is 0. The first kappa shape index (κ1) is 12.8. The number of nitrogens with zero attached hydrogens (tertiary/aromatic N) is 1. The predicted octanol–water partition coefficient (Wildman–Crippen LogP) is -3.81. The molecule has 1 rings (SSSR count). The quantitative estimate of drug-likeness (QED) is 0.420. The Morgan fingerprint density at radius 3 is 2.33 bits per heavy atom. The van der Waals surface area contributed by atoms with Gasteiger partial charge in [-0.2, -0.15) is 0 Å². The molecule has 1 heterocycles. The molecule has 0 spiro atoms. The van der Waals surface area contributed by atoms with Gasteiger partial charge in [0.15, 0.2) is 0 Å². The number of rotatable bonds is 2. The van der Waals surface area contributed by atoms with Gasteiger partial charge in [0, 0.05) is 10.8 Å². The molecule has 1 aliphatic rings. The number of halogens is 1. The smallest absolute Gasteiger partial charge is 0.102 e. The highest BCUT2D eigenvalue weighted by molar-refractivity contribution is 7.85. The van der Waals surface area contributed by atoms with Gasteiger partial charge in [-0.25, -0.2) is 0 Å². The van der Waals surface area contributed by atoms with Gasteiger partial charge in [0.1, 0.15) is 6.54 Å². The largest absolute Gasteiger partial charge is 1.00 e. The monoisotopic (exact) mass is 305 g/mol. The summed E-state index contributed by atoms with van der Waals surface area (Å²) >= 11 is 0. The molecule has 1 fully saturated rings. The van der Waals surface area contributed by atoms with Gasteiger partial charge in [-0.05, 0) is 0 Å². The molecule has 74 valence electrons. The van der Waals surface area contributed by atoms with Gasteiger partial charge in [0.25, 0.3) is 0 Å². The molecule has 0 aromatic carbocycles. The van der Waals surface area contributed by atoms with Gasteiger partial charge < -0.3 is 33.6 Å². The van der Waals surface area contributed by atoms with Crippen molar-refractivity contribution in [2.24, 2.45) is 0 Å². The molecule has 12 heavy (non-hydrogen) atoms. The highest BCUT2D eigenvalue weighted by atomic mass is 127. The molecule has 0 aromatic heterocycles. The molecule has 0 radical (unpaired) electrons. The van der Waals surface area contributed by atoms with Crippen molar-refractivity contribution in [1.29, 1.82) is 0 Å². The maximum absolute atomic E-state index is 11.0. The fraction of sp³-hybridized carbons (Fsp3) is 1.00. The minimum Gasteiger partial charge on any atom is -1.00 e. The van der Waals surface area contributed by atoms with Crippen LogP contribution in [0.4, 0.5) is 0 Å². The molecule has 5 heteroatoms. The van der Waals surface area contributed by atoms with Gasteiger partial charge in [-0.3, -0.25) is 4.21 Å². The Bertz CT molecular complexity index is 155. The van der Waals surface area contributed by atoms with Gasteiger partial charge in [-0.15, -0.1) is 0 Å². The average molecular weight is 305 g/mol. The standard InChI is InChI=1S/C7H16NO2S.HI/c1-8(2-5-9)3-6-11(10)7-4-8;/h9H,2-7H2,1H3;1H/q+1;/p-1. The second-order valence-electron chi connectivity index (χ2n) is 3.36. The van der Waals surface area contributed by atoms with Crippen LogP contribution in [-0.4, -0.2) is 58.6 Å². The first-order chi connectivity index (χ1) is 5.16. The summed E-state index contributed by atoms with van der Waals surface area (Å²) in [6, 6.07) is 0. The van der Waals surface area contributed by atoms with Crippen LogP contribution in [0.25, 0.3) is 0 Å². The molecule has 1 aliphatic heterocycles. The van der Waals surface area contributed by atoms with E-state index in [0.29, 0.717) is 0 Å². The summed E-state index contributed by atoms with van der Waals surface area (Å²) in [4.78, 5) is 0. The Labute approximate surface area is 93.2 Å². The van der Waals surface area contributed by atoms with Crippen LogP contribution in [-0.2, 0) is 10.8 Å². The van der Waals surface area contributed by atoms with Gasteiger partial charge in [-0.1, -0.05) is 0 Å². The van der Waals surface area contributed by atoms with E-state index in [0.717, 1.165) is 35.6 Å². The van der Waals surface area contributed by atoms with Crippen molar-refractivity contribution >= 4 is 10.8 Å². The third kappa shape index (κ3) is 3.68. The minimum atomic E-state index is -0.588. The van der Waals surface area contributed by atoms with Crippen molar-refractivity contribution in [3.63, 3.8) is 0 Å². The van der Waals surface area contributed by atoms with E-state index in [1.54, 1.807) is 0 Å². The predicted molar refractivity (Wildman–Crippen MR) is 45.7 cm³/mol. The van der Waals surface area contributed by atoms with E-state index < -0.39 is 10.8 Å². The summed E-state index contributed by atoms with van der Waals surface area (Å²) in [5.74, 6) is 1.60. The zero-order chi connectivity index (χ0) is 8.32. The average Bonchev–Trinajstić information content (AvgIpc) is 1.97. The fourth-order valence-corrected chi connectivity index (χ4v) is 2.82. The van der Waals surface area contributed by atoms with Crippen molar-refractivity contribution in [3.05, 3.63) is 0 Å². The molecule has 0 aromatic rings. The van der Waals surface area contributed by atoms with Gasteiger partial charge in [0.05, 0.1) is 38.2 Å². The molecule has 0 bridgehead atoms. The summed E-state index contributed by atoms with van der Waals surface area (Å²) in [6.45, 7) is 2.95. The molecule has 0 aliphatic carbocycles. The molecule has 0 amide bonds. The molecule has 0 atom stereocenters. The van der Waals surface area contributed by atoms with Crippen molar-refractivity contribution in [3.8, 4) is 0 Å². The van der Waals surface area contributed by atoms with Crippen LogP contribution < -0.4 is 24.0 Å². The van der Waals surface area contributed by atoms with E-state index in [-0.39, 0.29) is 30.6 Å². The summed E-state index contributed by atoms with van der Waals surface area (Å²) < 4.78 is 11.9. The van der Waals surface area contributed by atoms with Crippen LogP contribution in [0.15, 0.2) is 0 Å². The Hall–Kier alpha value is 0.800. The van der Waals surface area contributed by atoms with E-state index in [4.69, 9.17) is 5.11 Å². The summed E-state index contributed by atoms with van der Waals surface area (Å²) in [7, 11) is 1.53. The topological polar surface area (TPSA) is 37.3 Å². The highest BCUT2D eigenvalue weighted by Gasteiger charge is 2.26. The third-order valence-electron chi connectivity index (χ3n) is 2.36. The van der Waals surface area contributed by atoms with Crippen LogP contribution in [0, 0.1) is 0 Å². The lowest BCUT2D eigenvalue weighted by atomic mass is 10.4. The van der Waals surface area contributed by atoms with Crippen molar-refractivity contribution < 1.29 is 37.8 Å². The number of aliphatic hydroxyl groups excluding tert-OH is 1. The van der Waals surface area contributed by atoms with E-state index in [9.17, 15) is 4.21 Å². The van der Waals surface area contributed by atoms with Gasteiger partial charge in [0.2, 0.25) is 0 Å². The van der Waals surface area contributed by atoms with Gasteiger partial charge >= 0.3 is 0 Å². The second-order valence-corrected chi connectivity index (χ2v) is 5.06. The number of hydrogen-bond acceptors (Lipinski definition) is 2. The van der Waals surface area contributed by atoms with E-state index >= 15 is 0 Å². The van der Waals surface area contributed by atoms with Crippen LogP contribution in [0.5, 0.6) is 0 Å². The Morgan fingerprint density at radius 2 is 1.92 bits per heavy atom. The summed E-state index contributed by atoms with van der Waals surface area (Å²) in [6.07, 6.45) is 0. The van der Waals surface area contributed by atoms with Crippen LogP contribution in [0.2, 0.25) is 0 Å². The Kier molecular flexibility index (Phi) is 5.88. The highest BCUT2D eigenvalue weighted by Crippen LogP contribution is 2.07. The normalized spacial score (nSPS) is 35.7. The molecule has 1 saturated heterocycles. The van der Waals surface area contributed by atoms with Crippen LogP contribution in [0.3, 0.4) is 0 Å². The van der Waals surface area contributed by atoms with Crippen LogP contribution >= 0.6 is 0 Å². The molecule has 3 nitrogen and oxygen atoms in total. The SMILES string of the molecule is C[N+]1(CCO)CCS(=O)CC1.[I-]. The maximum atomic E-state index is 11.0. The van der Waals surface area contributed by atoms with Crippen LogP contribution in [0.1, 0.15) is 0 Å². The van der Waals surface area contributed by atoms with Crippen molar-refractivity contribution in [1.82, 2.24) is 0 Å². The first-order valence-corrected chi connectivity index (χ1v) is 5.44. The third-order valence-corrected chi connectivity index (χ3v) is 3.63. The van der Waals surface area contributed by atoms with Crippen molar-refractivity contribution in [2.75, 3.05) is 44.8 Å². The number of quaternary nitrogens is 1. The maximum Gasteiger partial charge on any atom is 0.102 e. The molecular formula is C7H16INO2S. The van der Waals surface area contributed by atoms with E-state index in [1.807, 2.05) is 0 Å². The lowest BCUT2D eigenvalue weighted by molar-refractivity contribution is -0.906. The van der Waals surface area contributed by atoms with Crippen molar-refractivity contribution in [2.45, 2.75) is 0 Å². The molecule has 0 saturated carbocycles. The number of likely N-dealkylation sites (N-methyl/N-ethyl adjacent to an activating group) is 1. The first-order valence-electron chi connectivity index (χ1n) is 3.96. The number of aliphatic hydroxyl groups is 1. The summed E-state index contributed by atoms with van der Waals surface area (Å²) in [5, 5.41) is 8.76. The lowest BCUT2D eigenvalue weighted by Gasteiger charge is -2.36. The lowest BCUT2D eigenvalue weighted by Crippen LogP contribution is -3.00. The van der Waals surface area contributed by atoms with E-state index in [1.165, 1.54) is 0 Å². The zero-order valence-electron chi connectivity index (χ0n) is 7.33. The Balaban J connectivity index is 0.00000121. The molecular weight excluding hydrogens is 289 g/mol.